The number of amides is 1. The van der Waals surface area contributed by atoms with Crippen molar-refractivity contribution in [1.82, 2.24) is 4.90 Å². The maximum atomic E-state index is 12.9. The minimum atomic E-state index is -0.380. The molecule has 0 N–H and O–H groups in total. The van der Waals surface area contributed by atoms with Crippen molar-refractivity contribution in [3.05, 3.63) is 30.1 Å². The summed E-state index contributed by atoms with van der Waals surface area (Å²) in [6, 6.07) is 5.76. The van der Waals surface area contributed by atoms with E-state index in [1.54, 1.807) is 21.9 Å². The fourth-order valence-corrected chi connectivity index (χ4v) is 1.93. The molecule has 1 aromatic rings. The molecule has 0 heterocycles. The molecular formula is C15H21FN2O3. The van der Waals surface area contributed by atoms with Gasteiger partial charge in [0.15, 0.2) is 0 Å². The Morgan fingerprint density at radius 3 is 2.19 bits per heavy atom. The van der Waals surface area contributed by atoms with E-state index in [2.05, 4.69) is 4.74 Å². The topological polar surface area (TPSA) is 49.9 Å². The summed E-state index contributed by atoms with van der Waals surface area (Å²) >= 11 is 0. The second kappa shape index (κ2) is 8.36. The molecule has 1 aromatic carbocycles. The SMILES string of the molecule is CCN(CC(=O)OC)CC(=O)N(CC)c1ccc(F)cc1. The summed E-state index contributed by atoms with van der Waals surface area (Å²) in [6.07, 6.45) is 0. The third kappa shape index (κ3) is 5.15. The first-order chi connectivity index (χ1) is 10.0. The molecule has 0 fully saturated rings. The van der Waals surface area contributed by atoms with Crippen LogP contribution in [0.15, 0.2) is 24.3 Å². The molecule has 0 aliphatic rings. The van der Waals surface area contributed by atoms with E-state index < -0.39 is 0 Å². The summed E-state index contributed by atoms with van der Waals surface area (Å²) in [5, 5.41) is 0. The highest BCUT2D eigenvalue weighted by molar-refractivity contribution is 5.94. The zero-order valence-electron chi connectivity index (χ0n) is 12.6. The van der Waals surface area contributed by atoms with Gasteiger partial charge in [-0.2, -0.15) is 0 Å². The van der Waals surface area contributed by atoms with Crippen LogP contribution in [0.25, 0.3) is 0 Å². The fraction of sp³-hybridized carbons (Fsp3) is 0.467. The first kappa shape index (κ1) is 17.1. The predicted molar refractivity (Wildman–Crippen MR) is 78.6 cm³/mol. The van der Waals surface area contributed by atoms with E-state index >= 15 is 0 Å². The van der Waals surface area contributed by atoms with Gasteiger partial charge in [-0.1, -0.05) is 6.92 Å². The Morgan fingerprint density at radius 1 is 1.10 bits per heavy atom. The van der Waals surface area contributed by atoms with E-state index in [0.717, 1.165) is 0 Å². The molecule has 0 saturated heterocycles. The van der Waals surface area contributed by atoms with Crippen LogP contribution in [0.3, 0.4) is 0 Å². The summed E-state index contributed by atoms with van der Waals surface area (Å²) in [5.41, 5.74) is 0.637. The molecule has 0 aromatic heterocycles. The Morgan fingerprint density at radius 2 is 1.71 bits per heavy atom. The average molecular weight is 296 g/mol. The molecule has 0 atom stereocenters. The van der Waals surface area contributed by atoms with Crippen molar-refractivity contribution in [3.8, 4) is 0 Å². The Kier molecular flexibility index (Phi) is 6.81. The molecule has 0 bridgehead atoms. The quantitative estimate of drug-likeness (QED) is 0.718. The van der Waals surface area contributed by atoms with Crippen molar-refractivity contribution < 1.29 is 18.7 Å². The monoisotopic (exact) mass is 296 g/mol. The lowest BCUT2D eigenvalue weighted by Crippen LogP contribution is -2.42. The van der Waals surface area contributed by atoms with Gasteiger partial charge in [0, 0.05) is 12.2 Å². The lowest BCUT2D eigenvalue weighted by atomic mass is 10.2. The second-order valence-corrected chi connectivity index (χ2v) is 4.49. The van der Waals surface area contributed by atoms with Gasteiger partial charge in [-0.25, -0.2) is 4.39 Å². The summed E-state index contributed by atoms with van der Waals surface area (Å²) < 4.78 is 17.5. The normalized spacial score (nSPS) is 10.5. The van der Waals surface area contributed by atoms with Crippen molar-refractivity contribution in [2.24, 2.45) is 0 Å². The van der Waals surface area contributed by atoms with Crippen LogP contribution >= 0.6 is 0 Å². The number of anilines is 1. The number of benzene rings is 1. The molecule has 1 rings (SSSR count). The van der Waals surface area contributed by atoms with E-state index in [9.17, 15) is 14.0 Å². The largest absolute Gasteiger partial charge is 0.468 e. The van der Waals surface area contributed by atoms with Crippen LogP contribution in [0.1, 0.15) is 13.8 Å². The smallest absolute Gasteiger partial charge is 0.319 e. The number of halogens is 1. The van der Waals surface area contributed by atoms with E-state index in [0.29, 0.717) is 18.8 Å². The molecule has 0 aliphatic carbocycles. The van der Waals surface area contributed by atoms with Gasteiger partial charge in [0.25, 0.3) is 0 Å². The van der Waals surface area contributed by atoms with Crippen molar-refractivity contribution in [2.45, 2.75) is 13.8 Å². The standard InChI is InChI=1S/C15H21FN2O3/c1-4-17(11-15(20)21-3)10-14(19)18(5-2)13-8-6-12(16)7-9-13/h6-9H,4-5,10-11H2,1-3H3. The van der Waals surface area contributed by atoms with E-state index in [1.807, 2.05) is 13.8 Å². The number of ether oxygens (including phenoxy) is 1. The lowest BCUT2D eigenvalue weighted by Gasteiger charge is -2.25. The lowest BCUT2D eigenvalue weighted by molar-refractivity contribution is -0.142. The molecule has 0 saturated carbocycles. The molecule has 1 amide bonds. The van der Waals surface area contributed by atoms with Crippen LogP contribution in [0.4, 0.5) is 10.1 Å². The molecule has 0 aliphatic heterocycles. The van der Waals surface area contributed by atoms with Crippen LogP contribution in [-0.4, -0.2) is 50.1 Å². The van der Waals surface area contributed by atoms with E-state index in [4.69, 9.17) is 0 Å². The molecule has 0 unspecified atom stereocenters. The Labute approximate surface area is 124 Å². The number of esters is 1. The van der Waals surface area contributed by atoms with Crippen LogP contribution in [0, 0.1) is 5.82 Å². The van der Waals surface area contributed by atoms with Gasteiger partial charge in [0.2, 0.25) is 5.91 Å². The van der Waals surface area contributed by atoms with Gasteiger partial charge in [-0.15, -0.1) is 0 Å². The number of nitrogens with zero attached hydrogens (tertiary/aromatic N) is 2. The van der Waals surface area contributed by atoms with Gasteiger partial charge in [-0.3, -0.25) is 14.5 Å². The van der Waals surface area contributed by atoms with Gasteiger partial charge >= 0.3 is 5.97 Å². The molecular weight excluding hydrogens is 275 g/mol. The number of likely N-dealkylation sites (N-methyl/N-ethyl adjacent to an activating group) is 2. The molecule has 6 heteroatoms. The third-order valence-corrected chi connectivity index (χ3v) is 3.14. The maximum absolute atomic E-state index is 12.9. The number of carbonyl (C=O) groups excluding carboxylic acids is 2. The van der Waals surface area contributed by atoms with E-state index in [1.165, 1.54) is 19.2 Å². The molecule has 5 nitrogen and oxygen atoms in total. The zero-order valence-corrected chi connectivity index (χ0v) is 12.6. The minimum absolute atomic E-state index is 0.0692. The summed E-state index contributed by atoms with van der Waals surface area (Å²) in [5.74, 6) is -0.868. The molecule has 116 valence electrons. The highest BCUT2D eigenvalue weighted by Crippen LogP contribution is 2.15. The van der Waals surface area contributed by atoms with Gasteiger partial charge in [0.05, 0.1) is 20.2 Å². The predicted octanol–water partition coefficient (Wildman–Crippen LogP) is 1.67. The first-order valence-electron chi connectivity index (χ1n) is 6.86. The first-order valence-corrected chi connectivity index (χ1v) is 6.86. The molecule has 21 heavy (non-hydrogen) atoms. The van der Waals surface area contributed by atoms with Gasteiger partial charge < -0.3 is 9.64 Å². The summed E-state index contributed by atoms with van der Waals surface area (Å²) in [7, 11) is 1.31. The highest BCUT2D eigenvalue weighted by atomic mass is 19.1. The second-order valence-electron chi connectivity index (χ2n) is 4.49. The van der Waals surface area contributed by atoms with Crippen molar-refractivity contribution in [1.29, 1.82) is 0 Å². The Balaban J connectivity index is 2.74. The summed E-state index contributed by atoms with van der Waals surface area (Å²) in [4.78, 5) is 26.9. The molecule has 0 spiro atoms. The fourth-order valence-electron chi connectivity index (χ4n) is 1.93. The van der Waals surface area contributed by atoms with Crippen molar-refractivity contribution >= 4 is 17.6 Å². The average Bonchev–Trinajstić information content (AvgIpc) is 2.49. The van der Waals surface area contributed by atoms with Crippen LogP contribution < -0.4 is 4.90 Å². The van der Waals surface area contributed by atoms with Crippen LogP contribution in [0.2, 0.25) is 0 Å². The summed E-state index contributed by atoms with van der Waals surface area (Å²) in [6.45, 7) is 4.92. The Bertz CT molecular complexity index is 476. The number of carbonyl (C=O) groups is 2. The van der Waals surface area contributed by atoms with Crippen LogP contribution in [-0.2, 0) is 14.3 Å². The van der Waals surface area contributed by atoms with Crippen molar-refractivity contribution in [3.63, 3.8) is 0 Å². The van der Waals surface area contributed by atoms with Gasteiger partial charge in [0.1, 0.15) is 5.82 Å². The third-order valence-electron chi connectivity index (χ3n) is 3.14. The number of methoxy groups -OCH3 is 1. The van der Waals surface area contributed by atoms with Gasteiger partial charge in [-0.05, 0) is 37.7 Å². The zero-order chi connectivity index (χ0) is 15.8. The number of rotatable bonds is 7. The highest BCUT2D eigenvalue weighted by Gasteiger charge is 2.18. The number of hydrogen-bond donors (Lipinski definition) is 0. The maximum Gasteiger partial charge on any atom is 0.319 e. The van der Waals surface area contributed by atoms with Crippen molar-refractivity contribution in [2.75, 3.05) is 38.2 Å². The number of hydrogen-bond acceptors (Lipinski definition) is 4. The van der Waals surface area contributed by atoms with Crippen LogP contribution in [0.5, 0.6) is 0 Å². The van der Waals surface area contributed by atoms with E-state index in [-0.39, 0.29) is 30.8 Å². The minimum Gasteiger partial charge on any atom is -0.468 e. The molecule has 0 radical (unpaired) electrons. The Hall–Kier alpha value is -1.95.